The molecule has 3 rings (SSSR count). The van der Waals surface area contributed by atoms with Crippen LogP contribution in [-0.4, -0.2) is 53.4 Å². The number of benzene rings is 1. The Labute approximate surface area is 186 Å². The number of anilines is 3. The van der Waals surface area contributed by atoms with E-state index >= 15 is 0 Å². The maximum absolute atomic E-state index is 13.1. The van der Waals surface area contributed by atoms with E-state index in [4.69, 9.17) is 5.41 Å². The lowest BCUT2D eigenvalue weighted by atomic mass is 9.96. The smallest absolute Gasteiger partial charge is 0.246 e. The molecule has 0 fully saturated rings. The normalized spacial score (nSPS) is 17.8. The quantitative estimate of drug-likeness (QED) is 0.397. The van der Waals surface area contributed by atoms with Crippen LogP contribution in [0.1, 0.15) is 25.1 Å². The van der Waals surface area contributed by atoms with Gasteiger partial charge in [-0.3, -0.25) is 4.79 Å². The summed E-state index contributed by atoms with van der Waals surface area (Å²) in [5, 5.41) is 27.2. The van der Waals surface area contributed by atoms with Crippen molar-refractivity contribution >= 4 is 29.6 Å². The SMILES string of the molecule is Cc1nc(NC/C(C=N)=C/NCC(C)(O)c2ccc(F)cc2)nc2c1NC(=O)[C@H](C)N2C. The number of nitrogens with zero attached hydrogens (tertiary/aromatic N) is 3. The van der Waals surface area contributed by atoms with Gasteiger partial charge in [0.15, 0.2) is 5.82 Å². The van der Waals surface area contributed by atoms with E-state index in [0.717, 1.165) is 0 Å². The number of aryl methyl sites for hydroxylation is 1. The summed E-state index contributed by atoms with van der Waals surface area (Å²) in [5.41, 5.74) is 1.20. The highest BCUT2D eigenvalue weighted by atomic mass is 19.1. The van der Waals surface area contributed by atoms with Crippen molar-refractivity contribution in [1.82, 2.24) is 15.3 Å². The summed E-state index contributed by atoms with van der Waals surface area (Å²) in [6.07, 6.45) is 2.81. The van der Waals surface area contributed by atoms with Crippen LogP contribution in [0.15, 0.2) is 36.0 Å². The molecule has 1 amide bonds. The molecule has 2 heterocycles. The van der Waals surface area contributed by atoms with Crippen LogP contribution in [0.25, 0.3) is 0 Å². The summed E-state index contributed by atoms with van der Waals surface area (Å²) < 4.78 is 13.1. The minimum Gasteiger partial charge on any atom is -0.387 e. The van der Waals surface area contributed by atoms with Crippen LogP contribution in [0, 0.1) is 18.2 Å². The number of carbonyl (C=O) groups is 1. The monoisotopic (exact) mass is 441 g/mol. The first-order chi connectivity index (χ1) is 15.1. The molecule has 1 aliphatic heterocycles. The Hall–Kier alpha value is -3.53. The molecule has 2 atom stereocenters. The van der Waals surface area contributed by atoms with Gasteiger partial charge < -0.3 is 31.4 Å². The van der Waals surface area contributed by atoms with E-state index in [9.17, 15) is 14.3 Å². The van der Waals surface area contributed by atoms with Gasteiger partial charge in [-0.15, -0.1) is 0 Å². The zero-order valence-electron chi connectivity index (χ0n) is 18.5. The highest BCUT2D eigenvalue weighted by Gasteiger charge is 2.30. The largest absolute Gasteiger partial charge is 0.387 e. The van der Waals surface area contributed by atoms with E-state index in [2.05, 4.69) is 25.9 Å². The minimum absolute atomic E-state index is 0.107. The van der Waals surface area contributed by atoms with Crippen molar-refractivity contribution in [3.8, 4) is 0 Å². The van der Waals surface area contributed by atoms with Crippen LogP contribution in [-0.2, 0) is 10.4 Å². The molecule has 0 radical (unpaired) electrons. The van der Waals surface area contributed by atoms with Crippen LogP contribution >= 0.6 is 0 Å². The first-order valence-electron chi connectivity index (χ1n) is 10.2. The van der Waals surface area contributed by atoms with Gasteiger partial charge in [0.1, 0.15) is 23.1 Å². The predicted molar refractivity (Wildman–Crippen MR) is 123 cm³/mol. The number of carbonyl (C=O) groups excluding carboxylic acids is 1. The lowest BCUT2D eigenvalue weighted by molar-refractivity contribution is -0.117. The fourth-order valence-corrected chi connectivity index (χ4v) is 3.24. The van der Waals surface area contributed by atoms with Crippen molar-refractivity contribution in [1.29, 1.82) is 5.41 Å². The second-order valence-corrected chi connectivity index (χ2v) is 7.99. The molecule has 0 aliphatic carbocycles. The summed E-state index contributed by atoms with van der Waals surface area (Å²) in [6.45, 7) is 5.67. The lowest BCUT2D eigenvalue weighted by Gasteiger charge is -2.32. The van der Waals surface area contributed by atoms with Gasteiger partial charge in [-0.05, 0) is 38.5 Å². The van der Waals surface area contributed by atoms with E-state index in [-0.39, 0.29) is 30.9 Å². The first-order valence-corrected chi connectivity index (χ1v) is 10.2. The fraction of sp³-hybridized carbons (Fsp3) is 0.364. The summed E-state index contributed by atoms with van der Waals surface area (Å²) in [5.74, 6) is 0.532. The van der Waals surface area contributed by atoms with Crippen LogP contribution < -0.4 is 20.9 Å². The van der Waals surface area contributed by atoms with Gasteiger partial charge >= 0.3 is 0 Å². The summed E-state index contributed by atoms with van der Waals surface area (Å²) in [6, 6.07) is 5.33. The molecular weight excluding hydrogens is 413 g/mol. The molecule has 32 heavy (non-hydrogen) atoms. The number of aromatic nitrogens is 2. The van der Waals surface area contributed by atoms with Gasteiger partial charge in [0.2, 0.25) is 11.9 Å². The van der Waals surface area contributed by atoms with Crippen LogP contribution in [0.4, 0.5) is 21.8 Å². The van der Waals surface area contributed by atoms with E-state index < -0.39 is 5.60 Å². The molecule has 10 heteroatoms. The average Bonchev–Trinajstić information content (AvgIpc) is 2.75. The zero-order valence-corrected chi connectivity index (χ0v) is 18.5. The number of aliphatic hydroxyl groups is 1. The third-order valence-corrected chi connectivity index (χ3v) is 5.45. The van der Waals surface area contributed by atoms with E-state index in [0.29, 0.717) is 34.3 Å². The molecule has 1 aromatic carbocycles. The number of rotatable bonds is 8. The molecule has 2 aromatic rings. The number of amides is 1. The Morgan fingerprint density at radius 3 is 2.72 bits per heavy atom. The average molecular weight is 442 g/mol. The van der Waals surface area contributed by atoms with Gasteiger partial charge in [0.05, 0.1) is 5.69 Å². The second-order valence-electron chi connectivity index (χ2n) is 7.99. The van der Waals surface area contributed by atoms with Crippen LogP contribution in [0.5, 0.6) is 0 Å². The van der Waals surface area contributed by atoms with Crippen molar-refractivity contribution < 1.29 is 14.3 Å². The third-order valence-electron chi connectivity index (χ3n) is 5.45. The first kappa shape index (κ1) is 23.1. The number of hydrogen-bond donors (Lipinski definition) is 5. The topological polar surface area (TPSA) is 126 Å². The standard InChI is InChI=1S/C22H28FN7O2/c1-13-18-19(30(4)14(2)20(31)28-18)29-21(27-13)26-11-15(9-24)10-25-12-22(3,32)16-5-7-17(23)8-6-16/h5-10,14,24-25,32H,11-12H2,1-4H3,(H,28,31)(H,26,27,29)/b15-10+,24-9?/t14-,22?/m0/s1. The van der Waals surface area contributed by atoms with E-state index in [1.807, 2.05) is 0 Å². The molecule has 0 bridgehead atoms. The number of hydrogen-bond acceptors (Lipinski definition) is 8. The second kappa shape index (κ2) is 9.31. The third kappa shape index (κ3) is 5.02. The number of nitrogens with one attached hydrogen (secondary N) is 4. The van der Waals surface area contributed by atoms with Gasteiger partial charge in [0.25, 0.3) is 0 Å². The van der Waals surface area contributed by atoms with Gasteiger partial charge in [0, 0.05) is 38.1 Å². The molecular formula is C22H28FN7O2. The predicted octanol–water partition coefficient (Wildman–Crippen LogP) is 2.14. The minimum atomic E-state index is -1.21. The summed E-state index contributed by atoms with van der Waals surface area (Å²) in [7, 11) is 1.80. The van der Waals surface area contributed by atoms with Gasteiger partial charge in [-0.25, -0.2) is 9.37 Å². The maximum Gasteiger partial charge on any atom is 0.246 e. The number of halogens is 1. The molecule has 1 unspecified atom stereocenters. The molecule has 0 saturated heterocycles. The Balaban J connectivity index is 1.64. The van der Waals surface area contributed by atoms with Crippen molar-refractivity contribution in [2.75, 3.05) is 35.7 Å². The maximum atomic E-state index is 13.1. The van der Waals surface area contributed by atoms with Crippen molar-refractivity contribution in [3.63, 3.8) is 0 Å². The highest BCUT2D eigenvalue weighted by Crippen LogP contribution is 2.32. The molecule has 5 N–H and O–H groups in total. The summed E-state index contributed by atoms with van der Waals surface area (Å²) >= 11 is 0. The van der Waals surface area contributed by atoms with Crippen molar-refractivity contribution in [2.24, 2.45) is 0 Å². The Bertz CT molecular complexity index is 1040. The molecule has 1 aromatic heterocycles. The molecule has 1 aliphatic rings. The van der Waals surface area contributed by atoms with Crippen molar-refractivity contribution in [3.05, 3.63) is 53.1 Å². The molecule has 170 valence electrons. The molecule has 9 nitrogen and oxygen atoms in total. The zero-order chi connectivity index (χ0) is 23.5. The Morgan fingerprint density at radius 1 is 1.38 bits per heavy atom. The van der Waals surface area contributed by atoms with Crippen LogP contribution in [0.3, 0.4) is 0 Å². The van der Waals surface area contributed by atoms with E-state index in [1.54, 1.807) is 38.9 Å². The van der Waals surface area contributed by atoms with Gasteiger partial charge in [-0.1, -0.05) is 12.1 Å². The fourth-order valence-electron chi connectivity index (χ4n) is 3.24. The lowest BCUT2D eigenvalue weighted by Crippen LogP contribution is -2.44. The van der Waals surface area contributed by atoms with Crippen molar-refractivity contribution in [2.45, 2.75) is 32.4 Å². The molecule has 0 saturated carbocycles. The summed E-state index contributed by atoms with van der Waals surface area (Å²) in [4.78, 5) is 22.7. The number of fused-ring (bicyclic) bond motifs is 1. The van der Waals surface area contributed by atoms with Crippen LogP contribution in [0.2, 0.25) is 0 Å². The Kier molecular flexibility index (Phi) is 6.73. The van der Waals surface area contributed by atoms with E-state index in [1.165, 1.54) is 30.5 Å². The Morgan fingerprint density at radius 2 is 2.06 bits per heavy atom. The van der Waals surface area contributed by atoms with Gasteiger partial charge in [-0.2, -0.15) is 4.98 Å². The molecule has 0 spiro atoms. The highest BCUT2D eigenvalue weighted by molar-refractivity contribution is 6.03. The number of likely N-dealkylation sites (N-methyl/N-ethyl adjacent to an activating group) is 1.